The first-order valence-corrected chi connectivity index (χ1v) is 8.27. The van der Waals surface area contributed by atoms with Crippen LogP contribution in [0, 0.1) is 5.92 Å². The summed E-state index contributed by atoms with van der Waals surface area (Å²) in [4.78, 5) is 11.4. The van der Waals surface area contributed by atoms with E-state index in [1.807, 2.05) is 0 Å². The van der Waals surface area contributed by atoms with Crippen molar-refractivity contribution in [1.29, 1.82) is 0 Å². The number of halogens is 1. The average molecular weight is 355 g/mol. The number of hydrogen-bond donors (Lipinski definition) is 1. The number of amides is 1. The molecule has 0 radical (unpaired) electrons. The Balaban J connectivity index is 2.83. The van der Waals surface area contributed by atoms with Gasteiger partial charge in [0.15, 0.2) is 0 Å². The zero-order valence-corrected chi connectivity index (χ0v) is 13.5. The molecular weight excluding hydrogens is 340 g/mol. The van der Waals surface area contributed by atoms with E-state index < -0.39 is 15.9 Å². The number of nitrogens with zero attached hydrogens (tertiary/aromatic N) is 1. The van der Waals surface area contributed by atoms with Gasteiger partial charge in [0.25, 0.3) is 10.0 Å². The third kappa shape index (κ3) is 3.53. The van der Waals surface area contributed by atoms with Gasteiger partial charge in [-0.15, -0.1) is 11.3 Å². The first-order chi connectivity index (χ1) is 8.28. The Hall–Kier alpha value is -0.440. The van der Waals surface area contributed by atoms with E-state index in [0.717, 1.165) is 15.1 Å². The van der Waals surface area contributed by atoms with Gasteiger partial charge in [0.05, 0.1) is 3.79 Å². The van der Waals surface area contributed by atoms with Crippen LogP contribution in [0.25, 0.3) is 0 Å². The van der Waals surface area contributed by atoms with Crippen LogP contribution in [0.3, 0.4) is 0 Å². The molecule has 0 aliphatic heterocycles. The molecular formula is C10H15BrN2O3S2. The fourth-order valence-corrected chi connectivity index (χ4v) is 4.88. The molecule has 0 aliphatic rings. The van der Waals surface area contributed by atoms with Gasteiger partial charge in [0.1, 0.15) is 4.21 Å². The minimum atomic E-state index is -3.51. The minimum Gasteiger partial charge on any atom is -0.359 e. The van der Waals surface area contributed by atoms with E-state index in [1.165, 1.54) is 18.4 Å². The van der Waals surface area contributed by atoms with Crippen molar-refractivity contribution in [2.45, 2.75) is 11.1 Å². The molecule has 102 valence electrons. The fourth-order valence-electron chi connectivity index (χ4n) is 1.40. The van der Waals surface area contributed by atoms with Crippen molar-refractivity contribution >= 4 is 43.2 Å². The highest BCUT2D eigenvalue weighted by molar-refractivity contribution is 9.11. The van der Waals surface area contributed by atoms with E-state index >= 15 is 0 Å². The number of hydrogen-bond acceptors (Lipinski definition) is 4. The third-order valence-electron chi connectivity index (χ3n) is 2.44. The Morgan fingerprint density at radius 3 is 2.61 bits per heavy atom. The number of carbonyl (C=O) groups is 1. The maximum Gasteiger partial charge on any atom is 0.252 e. The first-order valence-electron chi connectivity index (χ1n) is 5.22. The second-order valence-electron chi connectivity index (χ2n) is 3.86. The highest BCUT2D eigenvalue weighted by Crippen LogP contribution is 2.28. The summed E-state index contributed by atoms with van der Waals surface area (Å²) in [6, 6.07) is 3.23. The van der Waals surface area contributed by atoms with E-state index in [2.05, 4.69) is 21.2 Å². The van der Waals surface area contributed by atoms with Gasteiger partial charge in [-0.1, -0.05) is 6.92 Å². The van der Waals surface area contributed by atoms with Crippen molar-refractivity contribution in [3.8, 4) is 0 Å². The van der Waals surface area contributed by atoms with Gasteiger partial charge in [0, 0.05) is 26.6 Å². The lowest BCUT2D eigenvalue weighted by atomic mass is 10.2. The summed E-state index contributed by atoms with van der Waals surface area (Å²) < 4.78 is 26.6. The highest BCUT2D eigenvalue weighted by Gasteiger charge is 2.25. The quantitative estimate of drug-likeness (QED) is 0.871. The van der Waals surface area contributed by atoms with Crippen molar-refractivity contribution in [3.63, 3.8) is 0 Å². The molecule has 1 N–H and O–H groups in total. The van der Waals surface area contributed by atoms with Crippen molar-refractivity contribution in [2.24, 2.45) is 5.92 Å². The van der Waals surface area contributed by atoms with Crippen LogP contribution in [-0.4, -0.2) is 39.3 Å². The van der Waals surface area contributed by atoms with Crippen LogP contribution in [-0.2, 0) is 14.8 Å². The molecule has 18 heavy (non-hydrogen) atoms. The van der Waals surface area contributed by atoms with Crippen LogP contribution in [0.4, 0.5) is 0 Å². The Bertz CT molecular complexity index is 527. The second-order valence-corrected chi connectivity index (χ2v) is 8.59. The standard InChI is InChI=1S/C10H15BrN2O3S2/c1-7(10(14)12-2)6-13(3)18(15,16)9-5-4-8(11)17-9/h4-5,7H,6H2,1-3H3,(H,12,14). The van der Waals surface area contributed by atoms with E-state index in [9.17, 15) is 13.2 Å². The van der Waals surface area contributed by atoms with Gasteiger partial charge in [-0.3, -0.25) is 4.79 Å². The molecule has 1 amide bonds. The molecule has 0 saturated heterocycles. The Morgan fingerprint density at radius 2 is 2.17 bits per heavy atom. The van der Waals surface area contributed by atoms with Crippen LogP contribution in [0.2, 0.25) is 0 Å². The molecule has 1 rings (SSSR count). The zero-order chi connectivity index (χ0) is 13.9. The van der Waals surface area contributed by atoms with E-state index in [-0.39, 0.29) is 16.7 Å². The van der Waals surface area contributed by atoms with Crippen molar-refractivity contribution in [2.75, 3.05) is 20.6 Å². The smallest absolute Gasteiger partial charge is 0.252 e. The summed E-state index contributed by atoms with van der Waals surface area (Å²) in [6.45, 7) is 1.84. The highest BCUT2D eigenvalue weighted by atomic mass is 79.9. The molecule has 1 heterocycles. The van der Waals surface area contributed by atoms with Crippen molar-refractivity contribution < 1.29 is 13.2 Å². The number of nitrogens with one attached hydrogen (secondary N) is 1. The molecule has 0 saturated carbocycles. The molecule has 5 nitrogen and oxygen atoms in total. The summed E-state index contributed by atoms with van der Waals surface area (Å²) in [7, 11) is -0.507. The number of carbonyl (C=O) groups excluding carboxylic acids is 1. The Morgan fingerprint density at radius 1 is 1.56 bits per heavy atom. The lowest BCUT2D eigenvalue weighted by molar-refractivity contribution is -0.124. The molecule has 0 aliphatic carbocycles. The van der Waals surface area contributed by atoms with Crippen LogP contribution in [0.5, 0.6) is 0 Å². The molecule has 0 fully saturated rings. The van der Waals surface area contributed by atoms with Crippen molar-refractivity contribution in [1.82, 2.24) is 9.62 Å². The zero-order valence-electron chi connectivity index (χ0n) is 10.3. The average Bonchev–Trinajstić information content (AvgIpc) is 2.75. The topological polar surface area (TPSA) is 66.5 Å². The minimum absolute atomic E-state index is 0.150. The van der Waals surface area contributed by atoms with Gasteiger partial charge in [-0.25, -0.2) is 8.42 Å². The predicted octanol–water partition coefficient (Wildman–Crippen LogP) is 1.51. The van der Waals surface area contributed by atoms with E-state index in [0.29, 0.717) is 0 Å². The maximum absolute atomic E-state index is 12.2. The SMILES string of the molecule is CNC(=O)C(C)CN(C)S(=O)(=O)c1ccc(Br)s1. The normalized spacial score (nSPS) is 13.6. The molecule has 1 unspecified atom stereocenters. The van der Waals surface area contributed by atoms with Crippen LogP contribution in [0.15, 0.2) is 20.1 Å². The summed E-state index contributed by atoms with van der Waals surface area (Å²) in [5.41, 5.74) is 0. The first kappa shape index (κ1) is 15.6. The summed E-state index contributed by atoms with van der Waals surface area (Å²) >= 11 is 4.38. The number of rotatable bonds is 5. The largest absolute Gasteiger partial charge is 0.359 e. The molecule has 1 aromatic heterocycles. The van der Waals surface area contributed by atoms with Crippen LogP contribution in [0.1, 0.15) is 6.92 Å². The lowest BCUT2D eigenvalue weighted by Gasteiger charge is -2.19. The summed E-state index contributed by atoms with van der Waals surface area (Å²) in [5.74, 6) is -0.567. The number of sulfonamides is 1. The van der Waals surface area contributed by atoms with Gasteiger partial charge < -0.3 is 5.32 Å². The molecule has 1 atom stereocenters. The van der Waals surface area contributed by atoms with E-state index in [1.54, 1.807) is 19.1 Å². The molecule has 0 spiro atoms. The summed E-state index contributed by atoms with van der Waals surface area (Å²) in [6.07, 6.45) is 0. The molecule has 0 aromatic carbocycles. The van der Waals surface area contributed by atoms with E-state index in [4.69, 9.17) is 0 Å². The lowest BCUT2D eigenvalue weighted by Crippen LogP contribution is -2.37. The molecule has 1 aromatic rings. The van der Waals surface area contributed by atoms with Crippen LogP contribution < -0.4 is 5.32 Å². The molecule has 8 heteroatoms. The van der Waals surface area contributed by atoms with Gasteiger partial charge in [-0.05, 0) is 28.1 Å². The predicted molar refractivity (Wildman–Crippen MR) is 75.1 cm³/mol. The van der Waals surface area contributed by atoms with Gasteiger partial charge >= 0.3 is 0 Å². The number of thiophene rings is 1. The third-order valence-corrected chi connectivity index (χ3v) is 6.35. The van der Waals surface area contributed by atoms with Gasteiger partial charge in [-0.2, -0.15) is 4.31 Å². The Labute approximate surface area is 119 Å². The summed E-state index contributed by atoms with van der Waals surface area (Å²) in [5, 5.41) is 2.50. The van der Waals surface area contributed by atoms with Crippen molar-refractivity contribution in [3.05, 3.63) is 15.9 Å². The Kier molecular flexibility index (Phi) is 5.32. The van der Waals surface area contributed by atoms with Gasteiger partial charge in [0.2, 0.25) is 5.91 Å². The monoisotopic (exact) mass is 354 g/mol. The molecule has 0 bridgehead atoms. The second kappa shape index (κ2) is 6.14. The fraction of sp³-hybridized carbons (Fsp3) is 0.500. The van der Waals surface area contributed by atoms with Crippen LogP contribution >= 0.6 is 27.3 Å². The maximum atomic E-state index is 12.2.